The third kappa shape index (κ3) is 3.01. The van der Waals surface area contributed by atoms with Crippen LogP contribution in [0.5, 0.6) is 5.88 Å². The SMILES string of the molecule is CC(C)COC(=O)c1cncc([O])n1. The van der Waals surface area contributed by atoms with Gasteiger partial charge in [-0.1, -0.05) is 13.8 Å². The van der Waals surface area contributed by atoms with E-state index in [2.05, 4.69) is 9.97 Å². The van der Waals surface area contributed by atoms with E-state index in [-0.39, 0.29) is 11.6 Å². The van der Waals surface area contributed by atoms with Gasteiger partial charge >= 0.3 is 5.97 Å². The molecule has 0 aliphatic heterocycles. The zero-order valence-corrected chi connectivity index (χ0v) is 8.06. The predicted molar refractivity (Wildman–Crippen MR) is 47.3 cm³/mol. The van der Waals surface area contributed by atoms with Crippen molar-refractivity contribution >= 4 is 5.97 Å². The fraction of sp³-hybridized carbons (Fsp3) is 0.444. The predicted octanol–water partition coefficient (Wildman–Crippen LogP) is 1.43. The van der Waals surface area contributed by atoms with Gasteiger partial charge in [0.05, 0.1) is 19.0 Å². The summed E-state index contributed by atoms with van der Waals surface area (Å²) >= 11 is 0. The highest BCUT2D eigenvalue weighted by molar-refractivity contribution is 5.86. The van der Waals surface area contributed by atoms with Crippen molar-refractivity contribution in [3.8, 4) is 5.88 Å². The number of ether oxygens (including phenoxy) is 1. The lowest BCUT2D eigenvalue weighted by molar-refractivity contribution is 0.0450. The van der Waals surface area contributed by atoms with Crippen LogP contribution in [0.2, 0.25) is 0 Å². The molecule has 1 radical (unpaired) electrons. The van der Waals surface area contributed by atoms with Crippen LogP contribution in [-0.4, -0.2) is 22.5 Å². The molecule has 1 heterocycles. The Morgan fingerprint density at radius 3 is 2.79 bits per heavy atom. The largest absolute Gasteiger partial charge is 0.461 e. The molecule has 0 spiro atoms. The van der Waals surface area contributed by atoms with E-state index >= 15 is 0 Å². The molecule has 0 atom stereocenters. The monoisotopic (exact) mass is 195 g/mol. The van der Waals surface area contributed by atoms with Crippen LogP contribution in [0.1, 0.15) is 24.3 Å². The zero-order valence-electron chi connectivity index (χ0n) is 8.06. The van der Waals surface area contributed by atoms with E-state index in [1.54, 1.807) is 0 Å². The molecule has 0 bridgehead atoms. The molecule has 0 N–H and O–H groups in total. The molecular formula is C9H11N2O3. The molecule has 75 valence electrons. The van der Waals surface area contributed by atoms with Crippen molar-refractivity contribution in [1.29, 1.82) is 0 Å². The van der Waals surface area contributed by atoms with E-state index in [9.17, 15) is 9.90 Å². The molecule has 0 saturated carbocycles. The highest BCUT2D eigenvalue weighted by Crippen LogP contribution is 2.05. The first-order valence-electron chi connectivity index (χ1n) is 4.25. The van der Waals surface area contributed by atoms with Crippen LogP contribution in [0.15, 0.2) is 12.4 Å². The summed E-state index contributed by atoms with van der Waals surface area (Å²) in [5, 5.41) is 10.8. The van der Waals surface area contributed by atoms with Crippen LogP contribution in [0.4, 0.5) is 0 Å². The van der Waals surface area contributed by atoms with Gasteiger partial charge in [0.1, 0.15) is 0 Å². The van der Waals surface area contributed by atoms with Crippen molar-refractivity contribution in [2.24, 2.45) is 5.92 Å². The number of nitrogens with zero attached hydrogens (tertiary/aromatic N) is 2. The molecule has 1 aromatic heterocycles. The van der Waals surface area contributed by atoms with Gasteiger partial charge in [-0.15, -0.1) is 0 Å². The summed E-state index contributed by atoms with van der Waals surface area (Å²) in [4.78, 5) is 18.3. The molecule has 0 aliphatic carbocycles. The van der Waals surface area contributed by atoms with E-state index < -0.39 is 11.8 Å². The molecule has 5 nitrogen and oxygen atoms in total. The van der Waals surface area contributed by atoms with Gasteiger partial charge in [0.2, 0.25) is 0 Å². The van der Waals surface area contributed by atoms with Gasteiger partial charge in [-0.05, 0) is 5.92 Å². The molecule has 0 aliphatic rings. The third-order valence-corrected chi connectivity index (χ3v) is 1.37. The smallest absolute Gasteiger partial charge is 0.358 e. The molecule has 0 unspecified atom stereocenters. The van der Waals surface area contributed by atoms with Gasteiger partial charge in [-0.3, -0.25) is 10.1 Å². The Balaban J connectivity index is 2.61. The van der Waals surface area contributed by atoms with Crippen molar-refractivity contribution in [3.63, 3.8) is 0 Å². The fourth-order valence-corrected chi connectivity index (χ4v) is 0.763. The van der Waals surface area contributed by atoms with Gasteiger partial charge in [0.15, 0.2) is 5.69 Å². The summed E-state index contributed by atoms with van der Waals surface area (Å²) < 4.78 is 4.86. The molecule has 14 heavy (non-hydrogen) atoms. The Labute approximate surface area is 81.8 Å². The Morgan fingerprint density at radius 2 is 2.21 bits per heavy atom. The van der Waals surface area contributed by atoms with E-state index in [1.807, 2.05) is 13.8 Å². The van der Waals surface area contributed by atoms with Crippen molar-refractivity contribution in [3.05, 3.63) is 18.1 Å². The van der Waals surface area contributed by atoms with E-state index in [4.69, 9.17) is 4.74 Å². The number of carbonyl (C=O) groups is 1. The highest BCUT2D eigenvalue weighted by atomic mass is 16.5. The average molecular weight is 195 g/mol. The lowest BCUT2D eigenvalue weighted by atomic mass is 10.2. The molecule has 0 saturated heterocycles. The molecular weight excluding hydrogens is 184 g/mol. The number of hydrogen-bond donors (Lipinski definition) is 0. The lowest BCUT2D eigenvalue weighted by Crippen LogP contribution is -2.11. The lowest BCUT2D eigenvalue weighted by Gasteiger charge is -2.05. The Morgan fingerprint density at radius 1 is 1.50 bits per heavy atom. The number of carbonyl (C=O) groups excluding carboxylic acids is 1. The maximum Gasteiger partial charge on any atom is 0.358 e. The van der Waals surface area contributed by atoms with Crippen LogP contribution >= 0.6 is 0 Å². The second-order valence-corrected chi connectivity index (χ2v) is 3.23. The topological polar surface area (TPSA) is 72.0 Å². The molecule has 0 fully saturated rings. The average Bonchev–Trinajstić information content (AvgIpc) is 2.14. The normalized spacial score (nSPS) is 10.2. The summed E-state index contributed by atoms with van der Waals surface area (Å²) in [6.45, 7) is 4.15. The van der Waals surface area contributed by atoms with Crippen molar-refractivity contribution in [2.45, 2.75) is 13.8 Å². The molecule has 0 aromatic carbocycles. The maximum atomic E-state index is 11.2. The zero-order chi connectivity index (χ0) is 10.6. The van der Waals surface area contributed by atoms with Crippen LogP contribution in [0.25, 0.3) is 0 Å². The second kappa shape index (κ2) is 4.55. The van der Waals surface area contributed by atoms with Crippen LogP contribution in [0, 0.1) is 5.92 Å². The van der Waals surface area contributed by atoms with Gasteiger partial charge in [0, 0.05) is 0 Å². The number of aromatic nitrogens is 2. The summed E-state index contributed by atoms with van der Waals surface area (Å²) in [6, 6.07) is 0. The first-order valence-corrected chi connectivity index (χ1v) is 4.25. The minimum Gasteiger partial charge on any atom is -0.461 e. The van der Waals surface area contributed by atoms with Crippen molar-refractivity contribution in [1.82, 2.24) is 9.97 Å². The standard InChI is InChI=1S/C9H11N2O3/c1-6(2)5-14-9(13)7-3-10-4-8(12)11-7/h3-4,6H,5H2,1-2H3. The minimum absolute atomic E-state index is 0.0434. The quantitative estimate of drug-likeness (QED) is 0.684. The van der Waals surface area contributed by atoms with Crippen molar-refractivity contribution in [2.75, 3.05) is 6.61 Å². The summed E-state index contributed by atoms with van der Waals surface area (Å²) in [5.74, 6) is -0.893. The second-order valence-electron chi connectivity index (χ2n) is 3.23. The summed E-state index contributed by atoms with van der Waals surface area (Å²) in [5.41, 5.74) is -0.0434. The van der Waals surface area contributed by atoms with Crippen LogP contribution in [0.3, 0.4) is 0 Å². The van der Waals surface area contributed by atoms with E-state index in [1.165, 1.54) is 6.20 Å². The Hall–Kier alpha value is -1.65. The van der Waals surface area contributed by atoms with Crippen molar-refractivity contribution < 1.29 is 14.6 Å². The fourth-order valence-electron chi connectivity index (χ4n) is 0.763. The van der Waals surface area contributed by atoms with Crippen LogP contribution < -0.4 is 0 Å². The van der Waals surface area contributed by atoms with E-state index in [0.29, 0.717) is 6.61 Å². The van der Waals surface area contributed by atoms with Gasteiger partial charge in [0.25, 0.3) is 5.88 Å². The summed E-state index contributed by atoms with van der Waals surface area (Å²) in [6.07, 6.45) is 2.25. The van der Waals surface area contributed by atoms with Gasteiger partial charge in [-0.25, -0.2) is 4.79 Å². The molecule has 1 rings (SSSR count). The minimum atomic E-state index is -0.607. The molecule has 1 aromatic rings. The number of hydrogen-bond acceptors (Lipinski definition) is 4. The van der Waals surface area contributed by atoms with E-state index in [0.717, 1.165) is 6.20 Å². The maximum absolute atomic E-state index is 11.2. The first-order chi connectivity index (χ1) is 6.59. The number of rotatable bonds is 3. The van der Waals surface area contributed by atoms with Gasteiger partial charge in [-0.2, -0.15) is 4.98 Å². The first kappa shape index (κ1) is 10.4. The highest BCUT2D eigenvalue weighted by Gasteiger charge is 2.11. The number of esters is 1. The third-order valence-electron chi connectivity index (χ3n) is 1.37. The Kier molecular flexibility index (Phi) is 3.39. The Bertz CT molecular complexity index is 326. The summed E-state index contributed by atoms with van der Waals surface area (Å²) in [7, 11) is 0. The molecule has 5 heteroatoms. The van der Waals surface area contributed by atoms with Gasteiger partial charge < -0.3 is 4.74 Å². The van der Waals surface area contributed by atoms with Crippen LogP contribution in [-0.2, 0) is 9.84 Å². The molecule has 0 amide bonds.